The number of para-hydroxylation sites is 5. The zero-order valence-electron chi connectivity index (χ0n) is 25.6. The molecule has 0 N–H and O–H groups in total. The molecule has 0 amide bonds. The summed E-state index contributed by atoms with van der Waals surface area (Å²) in [5.74, 6) is 1.98. The van der Waals surface area contributed by atoms with Gasteiger partial charge in [-0.15, -0.1) is 0 Å². The Morgan fingerprint density at radius 3 is 1.69 bits per heavy atom. The van der Waals surface area contributed by atoms with Crippen LogP contribution < -0.4 is 37.5 Å². The molecule has 48 heavy (non-hydrogen) atoms. The second-order valence-electron chi connectivity index (χ2n) is 13.5. The number of aromatic nitrogens is 2. The van der Waals surface area contributed by atoms with Crippen molar-refractivity contribution in [2.45, 2.75) is 9.79 Å². The van der Waals surface area contributed by atoms with E-state index in [1.807, 2.05) is 11.8 Å². The molecule has 0 aliphatic carbocycles. The van der Waals surface area contributed by atoms with E-state index in [0.29, 0.717) is 0 Å². The van der Waals surface area contributed by atoms with Crippen molar-refractivity contribution in [3.63, 3.8) is 0 Å². The van der Waals surface area contributed by atoms with Crippen molar-refractivity contribution in [2.75, 3.05) is 0 Å². The average Bonchev–Trinajstić information content (AvgIpc) is 3.66. The number of fused-ring (bicyclic) bond motifs is 16. The van der Waals surface area contributed by atoms with Crippen LogP contribution in [0.4, 0.5) is 0 Å². The first-order valence-corrected chi connectivity index (χ1v) is 17.5. The molecular formula is C42H22B2N2OS. The Morgan fingerprint density at radius 1 is 0.458 bits per heavy atom. The molecule has 6 heterocycles. The monoisotopic (exact) mass is 624 g/mol. The van der Waals surface area contributed by atoms with Gasteiger partial charge < -0.3 is 13.9 Å². The molecule has 0 unspecified atom stereocenters. The van der Waals surface area contributed by atoms with Crippen molar-refractivity contribution in [3.8, 4) is 22.9 Å². The fourth-order valence-corrected chi connectivity index (χ4v) is 11.0. The van der Waals surface area contributed by atoms with Crippen LogP contribution in [0.25, 0.3) is 55.0 Å². The first kappa shape index (κ1) is 24.6. The highest BCUT2D eigenvalue weighted by atomic mass is 32.2. The number of rotatable bonds is 0. The predicted molar refractivity (Wildman–Crippen MR) is 202 cm³/mol. The molecule has 3 nitrogen and oxygen atoms in total. The predicted octanol–water partition coefficient (Wildman–Crippen LogP) is 6.11. The van der Waals surface area contributed by atoms with Gasteiger partial charge in [-0.25, -0.2) is 0 Å². The molecular weight excluding hydrogens is 602 g/mol. The zero-order valence-corrected chi connectivity index (χ0v) is 26.4. The van der Waals surface area contributed by atoms with Crippen LogP contribution in [0.1, 0.15) is 0 Å². The summed E-state index contributed by atoms with van der Waals surface area (Å²) in [6, 6.07) is 49.5. The van der Waals surface area contributed by atoms with E-state index in [-0.39, 0.29) is 13.4 Å². The van der Waals surface area contributed by atoms with E-state index in [9.17, 15) is 0 Å². The maximum atomic E-state index is 7.20. The van der Waals surface area contributed by atoms with E-state index < -0.39 is 0 Å². The quantitative estimate of drug-likeness (QED) is 0.190. The van der Waals surface area contributed by atoms with Gasteiger partial charge >= 0.3 is 0 Å². The summed E-state index contributed by atoms with van der Waals surface area (Å²) in [6.45, 7) is 0.135. The second kappa shape index (κ2) is 8.28. The lowest BCUT2D eigenvalue weighted by molar-refractivity contribution is 0.476. The lowest BCUT2D eigenvalue weighted by Gasteiger charge is -2.41. The molecule has 4 aliphatic rings. The van der Waals surface area contributed by atoms with Gasteiger partial charge in [0.25, 0.3) is 6.71 Å². The Kier molecular flexibility index (Phi) is 4.24. The summed E-state index contributed by atoms with van der Waals surface area (Å²) in [6.07, 6.45) is 0. The first-order chi connectivity index (χ1) is 23.9. The minimum Gasteiger partial charge on any atom is -0.457 e. The van der Waals surface area contributed by atoms with E-state index in [1.165, 1.54) is 97.6 Å². The minimum absolute atomic E-state index is 0.0488. The average molecular weight is 624 g/mol. The standard InChI is InChI=1S/C42H22B2N2OS/c1-5-19-31-23(11-1)25-13-9-17-29-37(25)45(31)39-35-41(47-33-21-7-3-15-27(33)43(29)35)42-36-40(39)46-32-20-6-2-12-24(32)26-14-10-18-30(38(26)46)44(36)28-16-4-8-22-34(28)48-42/h1-22H. The molecule has 218 valence electrons. The molecule has 4 aliphatic heterocycles. The van der Waals surface area contributed by atoms with E-state index in [0.717, 1.165) is 11.5 Å². The SMILES string of the molecule is c1ccc2c(c1)Oc1c3c4c(c5c1B2c1cccc2c6ccccc6n-5c12)-n1c2ccccc2c2cccc(c21)B4c1ccccc1S3. The van der Waals surface area contributed by atoms with Crippen molar-refractivity contribution in [3.05, 3.63) is 133 Å². The Balaban J connectivity index is 1.35. The summed E-state index contributed by atoms with van der Waals surface area (Å²) in [4.78, 5) is 2.56. The molecule has 0 saturated heterocycles. The minimum atomic E-state index is 0.0488. The second-order valence-corrected chi connectivity index (χ2v) is 14.6. The van der Waals surface area contributed by atoms with Crippen molar-refractivity contribution < 1.29 is 4.74 Å². The number of nitrogens with zero attached hydrogens (tertiary/aromatic N) is 2. The lowest BCUT2D eigenvalue weighted by atomic mass is 9.32. The van der Waals surface area contributed by atoms with Crippen LogP contribution in [0.5, 0.6) is 11.5 Å². The summed E-state index contributed by atoms with van der Waals surface area (Å²) in [5.41, 5.74) is 15.6. The van der Waals surface area contributed by atoms with Crippen LogP contribution in [-0.2, 0) is 0 Å². The van der Waals surface area contributed by atoms with Crippen LogP contribution in [0.3, 0.4) is 0 Å². The van der Waals surface area contributed by atoms with Gasteiger partial charge in [-0.3, -0.25) is 0 Å². The third-order valence-electron chi connectivity index (χ3n) is 11.4. The summed E-state index contributed by atoms with van der Waals surface area (Å²) < 4.78 is 12.4. The van der Waals surface area contributed by atoms with Gasteiger partial charge in [-0.05, 0) is 46.1 Å². The Morgan fingerprint density at radius 2 is 0.979 bits per heavy atom. The van der Waals surface area contributed by atoms with Crippen LogP contribution in [-0.4, -0.2) is 22.6 Å². The maximum Gasteiger partial charge on any atom is 0.256 e. The fourth-order valence-electron chi connectivity index (χ4n) is 9.73. The summed E-state index contributed by atoms with van der Waals surface area (Å²) in [7, 11) is 0. The molecule has 7 aromatic carbocycles. The van der Waals surface area contributed by atoms with Gasteiger partial charge in [0.2, 0.25) is 6.71 Å². The number of hydrogen-bond donors (Lipinski definition) is 0. The fraction of sp³-hybridized carbons (Fsp3) is 0. The van der Waals surface area contributed by atoms with Crippen LogP contribution in [0, 0.1) is 0 Å². The van der Waals surface area contributed by atoms with E-state index in [1.54, 1.807) is 0 Å². The van der Waals surface area contributed by atoms with Gasteiger partial charge in [0, 0.05) is 42.9 Å². The van der Waals surface area contributed by atoms with Gasteiger partial charge in [-0.2, -0.15) is 0 Å². The third-order valence-corrected chi connectivity index (χ3v) is 12.6. The highest BCUT2D eigenvalue weighted by molar-refractivity contribution is 8.00. The molecule has 6 heteroatoms. The van der Waals surface area contributed by atoms with Gasteiger partial charge in [0.05, 0.1) is 27.3 Å². The number of hydrogen-bond acceptors (Lipinski definition) is 2. The molecule has 13 rings (SSSR count). The van der Waals surface area contributed by atoms with Crippen molar-refractivity contribution in [1.29, 1.82) is 0 Å². The molecule has 0 atom stereocenters. The molecule has 0 radical (unpaired) electrons. The number of ether oxygens (including phenoxy) is 1. The van der Waals surface area contributed by atoms with Crippen molar-refractivity contribution in [2.24, 2.45) is 0 Å². The summed E-state index contributed by atoms with van der Waals surface area (Å²) in [5, 5.41) is 5.20. The topological polar surface area (TPSA) is 19.1 Å². The molecule has 2 aromatic heterocycles. The highest BCUT2D eigenvalue weighted by Crippen LogP contribution is 2.48. The maximum absolute atomic E-state index is 7.20. The largest absolute Gasteiger partial charge is 0.457 e. The van der Waals surface area contributed by atoms with Crippen LogP contribution in [0.2, 0.25) is 0 Å². The van der Waals surface area contributed by atoms with Crippen molar-refractivity contribution >= 4 is 102 Å². The highest BCUT2D eigenvalue weighted by Gasteiger charge is 2.49. The van der Waals surface area contributed by atoms with Gasteiger partial charge in [-0.1, -0.05) is 126 Å². The Bertz CT molecular complexity index is 2790. The smallest absolute Gasteiger partial charge is 0.256 e. The summed E-state index contributed by atoms with van der Waals surface area (Å²) >= 11 is 1.89. The van der Waals surface area contributed by atoms with Crippen molar-refractivity contribution in [1.82, 2.24) is 9.13 Å². The molecule has 0 saturated carbocycles. The molecule has 0 bridgehead atoms. The van der Waals surface area contributed by atoms with E-state index in [4.69, 9.17) is 4.74 Å². The molecule has 0 fully saturated rings. The molecule has 0 spiro atoms. The third kappa shape index (κ3) is 2.63. The zero-order chi connectivity index (χ0) is 30.8. The van der Waals surface area contributed by atoms with E-state index in [2.05, 4.69) is 143 Å². The Hall–Kier alpha value is -5.58. The van der Waals surface area contributed by atoms with Crippen LogP contribution >= 0.6 is 11.8 Å². The molecule has 9 aromatic rings. The number of benzene rings is 7. The first-order valence-electron chi connectivity index (χ1n) is 16.7. The lowest BCUT2D eigenvalue weighted by Crippen LogP contribution is -2.63. The van der Waals surface area contributed by atoms with Crippen LogP contribution in [0.15, 0.2) is 143 Å². The van der Waals surface area contributed by atoms with E-state index >= 15 is 0 Å². The van der Waals surface area contributed by atoms with Gasteiger partial charge in [0.1, 0.15) is 11.5 Å². The van der Waals surface area contributed by atoms with Gasteiger partial charge in [0.15, 0.2) is 0 Å². The normalized spacial score (nSPS) is 14.2. The Labute approximate surface area is 280 Å².